The van der Waals surface area contributed by atoms with Gasteiger partial charge in [-0.3, -0.25) is 0 Å². The van der Waals surface area contributed by atoms with Crippen molar-refractivity contribution in [3.05, 3.63) is 24.4 Å². The lowest BCUT2D eigenvalue weighted by molar-refractivity contribution is -0.0584. The Morgan fingerprint density at radius 2 is 2.38 bits per heavy atom. The highest BCUT2D eigenvalue weighted by atomic mass is 33.1. The van der Waals surface area contributed by atoms with Crippen molar-refractivity contribution in [2.24, 2.45) is 0 Å². The zero-order chi connectivity index (χ0) is 9.52. The van der Waals surface area contributed by atoms with E-state index in [1.54, 1.807) is 34.8 Å². The van der Waals surface area contributed by atoms with Crippen molar-refractivity contribution < 1.29 is 5.21 Å². The summed E-state index contributed by atoms with van der Waals surface area (Å²) >= 11 is 0. The quantitative estimate of drug-likeness (QED) is 0.463. The molecular formula is C8H12N2OS2. The zero-order valence-corrected chi connectivity index (χ0v) is 9.01. The first kappa shape index (κ1) is 10.8. The molecule has 0 aliphatic carbocycles. The summed E-state index contributed by atoms with van der Waals surface area (Å²) in [5.74, 6) is 0.883. The molecule has 0 aliphatic heterocycles. The van der Waals surface area contributed by atoms with Gasteiger partial charge in [-0.05, 0) is 22.9 Å². The fourth-order valence-electron chi connectivity index (χ4n) is 0.668. The number of hydrogen-bond acceptors (Lipinski definition) is 5. The van der Waals surface area contributed by atoms with Crippen LogP contribution in [-0.2, 0) is 0 Å². The van der Waals surface area contributed by atoms with Crippen LogP contribution in [0.2, 0.25) is 0 Å². The highest BCUT2D eigenvalue weighted by molar-refractivity contribution is 8.76. The maximum Gasteiger partial charge on any atom is 0.106 e. The Labute approximate surface area is 85.9 Å². The van der Waals surface area contributed by atoms with Gasteiger partial charge < -0.3 is 5.21 Å². The maximum atomic E-state index is 8.84. The highest BCUT2D eigenvalue weighted by Gasteiger charge is 1.96. The average Bonchev–Trinajstić information content (AvgIpc) is 2.14. The van der Waals surface area contributed by atoms with Gasteiger partial charge in [0.05, 0.1) is 0 Å². The fraction of sp³-hybridized carbons (Fsp3) is 0.375. The van der Waals surface area contributed by atoms with Crippen molar-refractivity contribution in [2.75, 3.05) is 19.3 Å². The third-order valence-electron chi connectivity index (χ3n) is 1.28. The van der Waals surface area contributed by atoms with Gasteiger partial charge in [0.2, 0.25) is 0 Å². The molecule has 13 heavy (non-hydrogen) atoms. The second kappa shape index (κ2) is 6.26. The van der Waals surface area contributed by atoms with E-state index in [0.29, 0.717) is 6.54 Å². The minimum Gasteiger partial charge on any atom is -0.314 e. The standard InChI is InChI=1S/C8H12N2OS2/c1-10(11)6-7-12-13-8-4-2-3-5-9-8/h2-5,11H,6-7H2,1H3. The van der Waals surface area contributed by atoms with Gasteiger partial charge in [0, 0.05) is 25.5 Å². The van der Waals surface area contributed by atoms with Crippen LogP contribution < -0.4 is 0 Å². The second-order valence-corrected chi connectivity index (χ2v) is 4.89. The molecule has 1 rings (SSSR count). The summed E-state index contributed by atoms with van der Waals surface area (Å²) in [5, 5.41) is 11.0. The van der Waals surface area contributed by atoms with E-state index in [9.17, 15) is 0 Å². The lowest BCUT2D eigenvalue weighted by atomic mass is 10.5. The topological polar surface area (TPSA) is 36.4 Å². The number of nitrogens with zero attached hydrogens (tertiary/aromatic N) is 2. The summed E-state index contributed by atoms with van der Waals surface area (Å²) < 4.78 is 0. The van der Waals surface area contributed by atoms with Crippen molar-refractivity contribution in [2.45, 2.75) is 5.03 Å². The van der Waals surface area contributed by atoms with E-state index in [4.69, 9.17) is 5.21 Å². The number of aromatic nitrogens is 1. The third kappa shape index (κ3) is 5.15. The largest absolute Gasteiger partial charge is 0.314 e. The minimum atomic E-state index is 0.671. The van der Waals surface area contributed by atoms with Gasteiger partial charge in [-0.2, -0.15) is 5.06 Å². The normalized spacial score (nSPS) is 10.7. The van der Waals surface area contributed by atoms with Crippen molar-refractivity contribution >= 4 is 21.6 Å². The number of rotatable bonds is 5. The zero-order valence-electron chi connectivity index (χ0n) is 7.38. The summed E-state index contributed by atoms with van der Waals surface area (Å²) in [7, 11) is 4.96. The maximum absolute atomic E-state index is 8.84. The molecule has 0 spiro atoms. The van der Waals surface area contributed by atoms with Crippen molar-refractivity contribution in [1.29, 1.82) is 0 Å². The van der Waals surface area contributed by atoms with Gasteiger partial charge in [-0.25, -0.2) is 4.98 Å². The minimum absolute atomic E-state index is 0.671. The molecule has 1 heterocycles. The van der Waals surface area contributed by atoms with E-state index in [1.165, 1.54) is 5.06 Å². The molecule has 0 aliphatic rings. The first-order valence-corrected chi connectivity index (χ1v) is 6.21. The Balaban J connectivity index is 2.13. The summed E-state index contributed by atoms with van der Waals surface area (Å²) in [5.41, 5.74) is 0. The second-order valence-electron chi connectivity index (χ2n) is 2.45. The van der Waals surface area contributed by atoms with Crippen molar-refractivity contribution in [1.82, 2.24) is 10.0 Å². The Bertz CT molecular complexity index is 231. The monoisotopic (exact) mass is 216 g/mol. The molecule has 72 valence electrons. The lowest BCUT2D eigenvalue weighted by Gasteiger charge is -2.05. The molecule has 0 bridgehead atoms. The Hall–Kier alpha value is -0.230. The number of pyridine rings is 1. The van der Waals surface area contributed by atoms with Gasteiger partial charge in [-0.1, -0.05) is 16.9 Å². The Kier molecular flexibility index (Phi) is 5.22. The molecule has 1 N–H and O–H groups in total. The van der Waals surface area contributed by atoms with E-state index in [1.807, 2.05) is 18.2 Å². The molecule has 3 nitrogen and oxygen atoms in total. The highest BCUT2D eigenvalue weighted by Crippen LogP contribution is 2.28. The molecule has 0 saturated carbocycles. The van der Waals surface area contributed by atoms with Crippen LogP contribution in [0.3, 0.4) is 0 Å². The number of hydrogen-bond donors (Lipinski definition) is 1. The Morgan fingerprint density at radius 3 is 3.00 bits per heavy atom. The van der Waals surface area contributed by atoms with Gasteiger partial charge in [0.1, 0.15) is 5.03 Å². The fourth-order valence-corrected chi connectivity index (χ4v) is 2.58. The van der Waals surface area contributed by atoms with Crippen LogP contribution in [0.25, 0.3) is 0 Å². The molecule has 1 aromatic heterocycles. The van der Waals surface area contributed by atoms with Crippen LogP contribution in [0.15, 0.2) is 29.4 Å². The third-order valence-corrected chi connectivity index (χ3v) is 3.53. The molecule has 0 aromatic carbocycles. The van der Waals surface area contributed by atoms with Crippen molar-refractivity contribution in [3.63, 3.8) is 0 Å². The molecule has 0 saturated heterocycles. The summed E-state index contributed by atoms with van der Waals surface area (Å²) in [6, 6.07) is 5.84. The SMILES string of the molecule is CN(O)CCSSc1ccccn1. The van der Waals surface area contributed by atoms with Gasteiger partial charge in [0.25, 0.3) is 0 Å². The smallest absolute Gasteiger partial charge is 0.106 e. The van der Waals surface area contributed by atoms with E-state index >= 15 is 0 Å². The molecule has 1 aromatic rings. The van der Waals surface area contributed by atoms with Crippen LogP contribution in [0.1, 0.15) is 0 Å². The first-order chi connectivity index (χ1) is 6.29. The van der Waals surface area contributed by atoms with Gasteiger partial charge in [-0.15, -0.1) is 0 Å². The predicted octanol–water partition coefficient (Wildman–Crippen LogP) is 2.14. The van der Waals surface area contributed by atoms with E-state index in [0.717, 1.165) is 10.8 Å². The van der Waals surface area contributed by atoms with Crippen LogP contribution in [0, 0.1) is 0 Å². The van der Waals surface area contributed by atoms with E-state index < -0.39 is 0 Å². The molecule has 0 atom stereocenters. The predicted molar refractivity (Wildman–Crippen MR) is 57.0 cm³/mol. The first-order valence-electron chi connectivity index (χ1n) is 3.89. The van der Waals surface area contributed by atoms with Gasteiger partial charge >= 0.3 is 0 Å². The van der Waals surface area contributed by atoms with E-state index in [-0.39, 0.29) is 0 Å². The molecule has 5 heteroatoms. The summed E-state index contributed by atoms with van der Waals surface area (Å²) in [6.07, 6.45) is 1.78. The van der Waals surface area contributed by atoms with Crippen LogP contribution in [0.5, 0.6) is 0 Å². The van der Waals surface area contributed by atoms with Crippen molar-refractivity contribution in [3.8, 4) is 0 Å². The average molecular weight is 216 g/mol. The molecule has 0 fully saturated rings. The summed E-state index contributed by atoms with van der Waals surface area (Å²) in [6.45, 7) is 0.671. The van der Waals surface area contributed by atoms with Crippen LogP contribution in [-0.4, -0.2) is 34.6 Å². The molecule has 0 amide bonds. The van der Waals surface area contributed by atoms with E-state index in [2.05, 4.69) is 4.98 Å². The molecule has 0 radical (unpaired) electrons. The molecular weight excluding hydrogens is 204 g/mol. The van der Waals surface area contributed by atoms with Crippen LogP contribution >= 0.6 is 21.6 Å². The van der Waals surface area contributed by atoms with Gasteiger partial charge in [0.15, 0.2) is 0 Å². The molecule has 0 unspecified atom stereocenters. The van der Waals surface area contributed by atoms with Crippen LogP contribution in [0.4, 0.5) is 0 Å². The lowest BCUT2D eigenvalue weighted by Crippen LogP contribution is -2.15. The Morgan fingerprint density at radius 1 is 1.54 bits per heavy atom. The number of hydroxylamine groups is 2. The summed E-state index contributed by atoms with van der Waals surface area (Å²) in [4.78, 5) is 4.16.